The standard InChI is InChI=1S/C11H14N2.4C9H16N2.C2H6.CH4/c1-11(2,3)9-8-12-13-7-5-4-6-10(9)13;1-6(2)9-7(3)11(5)8(4)10-9;1-6(2)9-7(3)10-8(4)11(9)5;1-6(2)9-7(3)10-11(5)8(9)4;1-6(2)9-7(3)8(4)11(5)10-9;1-2;/h4-8H,1-3H3;4*6H,1-5H3;1-2H3;1H4. The number of fused-ring (bicyclic) bond motifs is 1. The van der Waals surface area contributed by atoms with Gasteiger partial charge in [0.1, 0.15) is 11.6 Å². The highest BCUT2D eigenvalue weighted by atomic mass is 15.3. The predicted molar refractivity (Wildman–Crippen MR) is 259 cm³/mol. The predicted octanol–water partition coefficient (Wildman–Crippen LogP) is 12.9. The van der Waals surface area contributed by atoms with Crippen LogP contribution >= 0.6 is 0 Å². The van der Waals surface area contributed by atoms with E-state index in [0.29, 0.717) is 23.7 Å². The first kappa shape index (κ1) is 55.5. The molecule has 0 saturated heterocycles. The van der Waals surface area contributed by atoms with E-state index >= 15 is 0 Å². The number of aryl methyl sites for hydroxylation is 6. The first-order valence-electron chi connectivity index (χ1n) is 21.7. The zero-order chi connectivity index (χ0) is 45.9. The van der Waals surface area contributed by atoms with Crippen molar-refractivity contribution in [3.05, 3.63) is 104 Å². The molecule has 0 radical (unpaired) electrons. The van der Waals surface area contributed by atoms with Gasteiger partial charge in [-0.1, -0.05) is 104 Å². The van der Waals surface area contributed by atoms with E-state index in [4.69, 9.17) is 0 Å². The van der Waals surface area contributed by atoms with Gasteiger partial charge in [-0.25, -0.2) is 14.5 Å². The lowest BCUT2D eigenvalue weighted by atomic mass is 9.88. The van der Waals surface area contributed by atoms with Gasteiger partial charge in [-0.3, -0.25) is 9.36 Å². The van der Waals surface area contributed by atoms with Crippen molar-refractivity contribution in [1.82, 2.24) is 48.3 Å². The molecule has 0 amide bonds. The summed E-state index contributed by atoms with van der Waals surface area (Å²) in [6.07, 6.45) is 3.93. The second kappa shape index (κ2) is 24.1. The largest absolute Gasteiger partial charge is 0.335 e. The zero-order valence-electron chi connectivity index (χ0n) is 42.2. The van der Waals surface area contributed by atoms with Gasteiger partial charge in [0.15, 0.2) is 0 Å². The van der Waals surface area contributed by atoms with Gasteiger partial charge in [-0.05, 0) is 108 Å². The molecule has 0 unspecified atom stereocenters. The van der Waals surface area contributed by atoms with E-state index < -0.39 is 0 Å². The Kier molecular flexibility index (Phi) is 22.3. The average molecular weight is 829 g/mol. The lowest BCUT2D eigenvalue weighted by Gasteiger charge is -2.16. The van der Waals surface area contributed by atoms with Gasteiger partial charge in [-0.2, -0.15) is 15.3 Å². The highest BCUT2D eigenvalue weighted by Gasteiger charge is 2.18. The van der Waals surface area contributed by atoms with Crippen molar-refractivity contribution in [2.24, 2.45) is 28.2 Å². The van der Waals surface area contributed by atoms with Gasteiger partial charge >= 0.3 is 0 Å². The maximum Gasteiger partial charge on any atom is 0.105 e. The molecule has 10 nitrogen and oxygen atoms in total. The summed E-state index contributed by atoms with van der Waals surface area (Å²) in [6, 6.07) is 6.15. The van der Waals surface area contributed by atoms with Crippen molar-refractivity contribution in [2.75, 3.05) is 0 Å². The molecule has 60 heavy (non-hydrogen) atoms. The van der Waals surface area contributed by atoms with Crippen molar-refractivity contribution in [3.63, 3.8) is 0 Å². The molecule has 6 aromatic rings. The van der Waals surface area contributed by atoms with Crippen LogP contribution in [0.1, 0.15) is 195 Å². The Morgan fingerprint density at radius 3 is 1.37 bits per heavy atom. The van der Waals surface area contributed by atoms with Crippen LogP contribution in [-0.2, 0) is 33.6 Å². The number of hydrogen-bond donors (Lipinski definition) is 0. The van der Waals surface area contributed by atoms with Gasteiger partial charge in [0.05, 0.1) is 34.5 Å². The molecule has 0 aliphatic carbocycles. The number of imidazole rings is 2. The lowest BCUT2D eigenvalue weighted by molar-refractivity contribution is 0.595. The van der Waals surface area contributed by atoms with Gasteiger partial charge in [0.2, 0.25) is 0 Å². The molecule has 0 fully saturated rings. The first-order chi connectivity index (χ1) is 27.2. The summed E-state index contributed by atoms with van der Waals surface area (Å²) in [4.78, 5) is 8.87. The molecule has 0 atom stereocenters. The minimum absolute atomic E-state index is 0. The summed E-state index contributed by atoms with van der Waals surface area (Å²) in [5.41, 5.74) is 15.4. The summed E-state index contributed by atoms with van der Waals surface area (Å²) in [5.74, 6) is 4.44. The van der Waals surface area contributed by atoms with Gasteiger partial charge in [0.25, 0.3) is 0 Å². The van der Waals surface area contributed by atoms with E-state index in [-0.39, 0.29) is 12.8 Å². The molecule has 0 aliphatic heterocycles. The fraction of sp³-hybridized carbons (Fsp3) is 0.620. The Hall–Kier alpha value is -4.47. The normalized spacial score (nSPS) is 10.9. The molecule has 338 valence electrons. The van der Waals surface area contributed by atoms with Crippen LogP contribution in [0.5, 0.6) is 0 Å². The second-order valence-corrected chi connectivity index (χ2v) is 17.8. The van der Waals surface area contributed by atoms with Gasteiger partial charge < -0.3 is 9.13 Å². The monoisotopic (exact) mass is 829 g/mol. The summed E-state index contributed by atoms with van der Waals surface area (Å²) in [5, 5.41) is 13.1. The Bertz CT molecular complexity index is 2060. The minimum Gasteiger partial charge on any atom is -0.335 e. The van der Waals surface area contributed by atoms with E-state index in [1.54, 1.807) is 0 Å². The highest BCUT2D eigenvalue weighted by molar-refractivity contribution is 5.56. The van der Waals surface area contributed by atoms with Crippen LogP contribution in [0, 0.1) is 55.4 Å². The maximum absolute atomic E-state index is 4.47. The summed E-state index contributed by atoms with van der Waals surface area (Å²) >= 11 is 0. The third-order valence-corrected chi connectivity index (χ3v) is 10.9. The van der Waals surface area contributed by atoms with Gasteiger partial charge in [0, 0.05) is 62.7 Å². The zero-order valence-corrected chi connectivity index (χ0v) is 42.2. The van der Waals surface area contributed by atoms with Crippen LogP contribution < -0.4 is 0 Å². The van der Waals surface area contributed by atoms with E-state index in [1.807, 2.05) is 80.2 Å². The summed E-state index contributed by atoms with van der Waals surface area (Å²) < 4.78 is 10.1. The molecule has 0 aromatic carbocycles. The Morgan fingerprint density at radius 1 is 0.567 bits per heavy atom. The fourth-order valence-electron chi connectivity index (χ4n) is 7.31. The number of nitrogens with zero attached hydrogens (tertiary/aromatic N) is 10. The van der Waals surface area contributed by atoms with E-state index in [1.165, 1.54) is 67.8 Å². The topological polar surface area (TPSA) is 88.6 Å². The van der Waals surface area contributed by atoms with Crippen LogP contribution in [0.3, 0.4) is 0 Å². The molecule has 6 heterocycles. The van der Waals surface area contributed by atoms with E-state index in [0.717, 1.165) is 11.6 Å². The average Bonchev–Trinajstić information content (AvgIpc) is 3.91. The third kappa shape index (κ3) is 14.3. The van der Waals surface area contributed by atoms with Crippen molar-refractivity contribution in [1.29, 1.82) is 0 Å². The lowest BCUT2D eigenvalue weighted by Crippen LogP contribution is -2.10. The third-order valence-electron chi connectivity index (χ3n) is 10.9. The van der Waals surface area contributed by atoms with Crippen LogP contribution in [-0.4, -0.2) is 48.3 Å². The molecule has 0 saturated carbocycles. The van der Waals surface area contributed by atoms with Crippen molar-refractivity contribution in [3.8, 4) is 0 Å². The smallest absolute Gasteiger partial charge is 0.105 e. The minimum atomic E-state index is 0. The number of pyridine rings is 1. The van der Waals surface area contributed by atoms with Crippen LogP contribution in [0.2, 0.25) is 0 Å². The van der Waals surface area contributed by atoms with Crippen molar-refractivity contribution >= 4 is 5.52 Å². The SMILES string of the molecule is C.CC.CC(C)(C)c1cnn2ccccc12.Cc1c(C(C)C)nn(C)c1C.Cc1nc(C(C)C)c(C)n1C.Cc1nc(C)n(C)c1C(C)C.Cc1nn(C)c(C)c1C(C)C. The van der Waals surface area contributed by atoms with Crippen LogP contribution in [0.15, 0.2) is 30.6 Å². The Balaban J connectivity index is 0.000000716. The molecule has 6 rings (SSSR count). The summed E-state index contributed by atoms with van der Waals surface area (Å²) in [6.45, 7) is 44.8. The number of aromatic nitrogens is 10. The highest BCUT2D eigenvalue weighted by Crippen LogP contribution is 2.26. The molecule has 0 aliphatic rings. The maximum atomic E-state index is 4.47. The van der Waals surface area contributed by atoms with Crippen molar-refractivity contribution < 1.29 is 0 Å². The number of hydrogen-bond acceptors (Lipinski definition) is 5. The Morgan fingerprint density at radius 2 is 1.08 bits per heavy atom. The molecule has 0 bridgehead atoms. The molecule has 0 N–H and O–H groups in total. The van der Waals surface area contributed by atoms with E-state index in [2.05, 4.69) is 172 Å². The number of rotatable bonds is 4. The van der Waals surface area contributed by atoms with Gasteiger partial charge in [-0.15, -0.1) is 0 Å². The molecule has 10 heteroatoms. The quantitative estimate of drug-likeness (QED) is 0.177. The second-order valence-electron chi connectivity index (χ2n) is 17.8. The molecular weight excluding hydrogens is 741 g/mol. The first-order valence-corrected chi connectivity index (χ1v) is 21.7. The van der Waals surface area contributed by atoms with Crippen molar-refractivity contribution in [2.45, 2.75) is 182 Å². The summed E-state index contributed by atoms with van der Waals surface area (Å²) in [7, 11) is 8.12. The Labute approximate surface area is 367 Å². The molecular formula is C50H88N10. The molecule has 6 aromatic heterocycles. The van der Waals surface area contributed by atoms with E-state index in [9.17, 15) is 0 Å². The van der Waals surface area contributed by atoms with Crippen LogP contribution in [0.25, 0.3) is 5.52 Å². The molecule has 0 spiro atoms. The van der Waals surface area contributed by atoms with Crippen LogP contribution in [0.4, 0.5) is 0 Å². The fourth-order valence-corrected chi connectivity index (χ4v) is 7.31.